The van der Waals surface area contributed by atoms with Crippen molar-refractivity contribution < 1.29 is 47.7 Å². The largest absolute Gasteiger partial charge is 0.504 e. The summed E-state index contributed by atoms with van der Waals surface area (Å²) in [7, 11) is 1.12. The van der Waals surface area contributed by atoms with E-state index in [1.807, 2.05) is 13.0 Å². The van der Waals surface area contributed by atoms with Gasteiger partial charge in [0.1, 0.15) is 12.2 Å². The number of carbonyl (C=O) groups is 5. The number of aliphatic hydroxyl groups is 1. The van der Waals surface area contributed by atoms with E-state index in [0.29, 0.717) is 12.0 Å². The van der Waals surface area contributed by atoms with Crippen LogP contribution in [0.25, 0.3) is 0 Å². The standard InChI is InChI=1S/C33H38O10/c1-16(2)28(38)43-27-23(42-17(3)34)25-30(4)13-11-21(35)33(7,29(39)40-8)24(30)22(36)26(37)32(25,6)20-10-9-19(31(20,27)5)18-12-14-41-15-18/h10-16,19,23,25,27,36H,9H2,1-8H3. The van der Waals surface area contributed by atoms with Gasteiger partial charge in [-0.15, -0.1) is 0 Å². The van der Waals surface area contributed by atoms with Gasteiger partial charge in [0.2, 0.25) is 5.78 Å². The molecule has 1 fully saturated rings. The zero-order valence-electron chi connectivity index (χ0n) is 25.7. The van der Waals surface area contributed by atoms with Crippen LogP contribution >= 0.6 is 0 Å². The van der Waals surface area contributed by atoms with Gasteiger partial charge >= 0.3 is 17.9 Å². The average molecular weight is 595 g/mol. The molecule has 4 aliphatic carbocycles. The molecule has 0 amide bonds. The Hall–Kier alpha value is -3.95. The van der Waals surface area contributed by atoms with Gasteiger partial charge in [-0.05, 0) is 43.5 Å². The molecule has 43 heavy (non-hydrogen) atoms. The van der Waals surface area contributed by atoms with Crippen LogP contribution in [-0.2, 0) is 38.2 Å². The molecule has 8 atom stereocenters. The van der Waals surface area contributed by atoms with E-state index in [-0.39, 0.29) is 11.5 Å². The molecule has 1 N–H and O–H groups in total. The number of Topliss-reactive ketones (excluding diaryl/α,β-unsaturated/α-hetero) is 1. The monoisotopic (exact) mass is 594 g/mol. The van der Waals surface area contributed by atoms with Gasteiger partial charge in [-0.1, -0.05) is 39.8 Å². The lowest BCUT2D eigenvalue weighted by molar-refractivity contribution is -0.209. The van der Waals surface area contributed by atoms with Crippen LogP contribution in [-0.4, -0.2) is 53.9 Å². The first kappa shape index (κ1) is 30.5. The summed E-state index contributed by atoms with van der Waals surface area (Å²) in [6.07, 6.45) is 6.00. The number of rotatable bonds is 5. The molecule has 4 aliphatic rings. The van der Waals surface area contributed by atoms with E-state index in [0.717, 1.165) is 12.7 Å². The Morgan fingerprint density at radius 3 is 2.33 bits per heavy atom. The van der Waals surface area contributed by atoms with Crippen LogP contribution in [0.4, 0.5) is 0 Å². The second kappa shape index (κ2) is 9.79. The van der Waals surface area contributed by atoms with Crippen molar-refractivity contribution in [1.29, 1.82) is 0 Å². The summed E-state index contributed by atoms with van der Waals surface area (Å²) in [5.74, 6) is -6.09. The zero-order chi connectivity index (χ0) is 31.9. The number of furan rings is 1. The van der Waals surface area contributed by atoms with Gasteiger partial charge in [0, 0.05) is 35.2 Å². The number of esters is 3. The van der Waals surface area contributed by atoms with Crippen LogP contribution in [0.15, 0.2) is 58.1 Å². The van der Waals surface area contributed by atoms with E-state index < -0.39 is 80.9 Å². The lowest BCUT2D eigenvalue weighted by Crippen LogP contribution is -2.70. The number of fused-ring (bicyclic) bond motifs is 5. The topological polar surface area (TPSA) is 146 Å². The molecule has 10 heteroatoms. The lowest BCUT2D eigenvalue weighted by atomic mass is 9.40. The number of hydrogen-bond acceptors (Lipinski definition) is 10. The molecule has 0 radical (unpaired) electrons. The maximum atomic E-state index is 14.6. The Kier molecular flexibility index (Phi) is 6.94. The number of carbonyl (C=O) groups excluding carboxylic acids is 5. The van der Waals surface area contributed by atoms with Crippen molar-refractivity contribution in [3.05, 3.63) is 59.3 Å². The summed E-state index contributed by atoms with van der Waals surface area (Å²) in [6, 6.07) is 1.81. The molecule has 230 valence electrons. The number of ether oxygens (including phenoxy) is 3. The number of hydrogen-bond donors (Lipinski definition) is 1. The molecule has 0 bridgehead atoms. The molecular formula is C33H38O10. The Bertz CT molecular complexity index is 1510. The summed E-state index contributed by atoms with van der Waals surface area (Å²) < 4.78 is 22.8. The molecule has 10 nitrogen and oxygen atoms in total. The quantitative estimate of drug-likeness (QED) is 0.223. The van der Waals surface area contributed by atoms with E-state index in [1.165, 1.54) is 26.2 Å². The Labute approximate surface area is 250 Å². The summed E-state index contributed by atoms with van der Waals surface area (Å²) in [6.45, 7) is 11.2. The third-order valence-corrected chi connectivity index (χ3v) is 10.5. The summed E-state index contributed by atoms with van der Waals surface area (Å²) in [5, 5.41) is 11.7. The third kappa shape index (κ3) is 3.80. The summed E-state index contributed by atoms with van der Waals surface area (Å²) >= 11 is 0. The van der Waals surface area contributed by atoms with Crippen molar-refractivity contribution in [1.82, 2.24) is 0 Å². The van der Waals surface area contributed by atoms with Gasteiger partial charge < -0.3 is 23.7 Å². The van der Waals surface area contributed by atoms with E-state index in [1.54, 1.807) is 46.1 Å². The minimum absolute atomic E-state index is 0.133. The van der Waals surface area contributed by atoms with Gasteiger partial charge in [-0.25, -0.2) is 0 Å². The van der Waals surface area contributed by atoms with Gasteiger partial charge in [0.25, 0.3) is 0 Å². The van der Waals surface area contributed by atoms with Crippen LogP contribution in [0.5, 0.6) is 0 Å². The number of ketones is 2. The highest BCUT2D eigenvalue weighted by Crippen LogP contribution is 2.72. The molecule has 0 spiro atoms. The Balaban J connectivity index is 1.86. The molecule has 0 aliphatic heterocycles. The third-order valence-electron chi connectivity index (χ3n) is 10.5. The van der Waals surface area contributed by atoms with Crippen molar-refractivity contribution in [3.63, 3.8) is 0 Å². The van der Waals surface area contributed by atoms with Crippen molar-refractivity contribution in [2.75, 3.05) is 7.11 Å². The fraction of sp³-hybridized carbons (Fsp3) is 0.545. The fourth-order valence-corrected chi connectivity index (χ4v) is 8.63. The second-order valence-electron chi connectivity index (χ2n) is 13.2. The first-order valence-corrected chi connectivity index (χ1v) is 14.4. The maximum absolute atomic E-state index is 14.6. The molecule has 0 saturated heterocycles. The highest BCUT2D eigenvalue weighted by molar-refractivity contribution is 6.16. The van der Waals surface area contributed by atoms with E-state index in [4.69, 9.17) is 18.6 Å². The highest BCUT2D eigenvalue weighted by Gasteiger charge is 2.75. The van der Waals surface area contributed by atoms with Crippen LogP contribution in [0.2, 0.25) is 0 Å². The lowest BCUT2D eigenvalue weighted by Gasteiger charge is -2.63. The Morgan fingerprint density at radius 2 is 1.77 bits per heavy atom. The molecule has 1 aromatic rings. The van der Waals surface area contributed by atoms with E-state index in [9.17, 15) is 29.1 Å². The van der Waals surface area contributed by atoms with Crippen LogP contribution in [0.3, 0.4) is 0 Å². The van der Waals surface area contributed by atoms with Gasteiger partial charge in [-0.2, -0.15) is 0 Å². The number of aliphatic hydroxyl groups excluding tert-OH is 1. The zero-order valence-corrected chi connectivity index (χ0v) is 25.7. The smallest absolute Gasteiger partial charge is 0.323 e. The molecule has 0 aromatic carbocycles. The Morgan fingerprint density at radius 1 is 1.09 bits per heavy atom. The number of allylic oxidation sites excluding steroid dienone is 4. The van der Waals surface area contributed by atoms with Crippen LogP contribution in [0.1, 0.15) is 66.4 Å². The second-order valence-corrected chi connectivity index (χ2v) is 13.2. The minimum Gasteiger partial charge on any atom is -0.504 e. The van der Waals surface area contributed by atoms with Crippen molar-refractivity contribution in [3.8, 4) is 0 Å². The number of methoxy groups -OCH3 is 1. The average Bonchev–Trinajstić information content (AvgIpc) is 3.59. The normalized spacial score (nSPS) is 38.2. The highest BCUT2D eigenvalue weighted by atomic mass is 16.6. The maximum Gasteiger partial charge on any atom is 0.323 e. The van der Waals surface area contributed by atoms with E-state index >= 15 is 0 Å². The minimum atomic E-state index is -2.03. The fourth-order valence-electron chi connectivity index (χ4n) is 8.63. The molecule has 1 heterocycles. The van der Waals surface area contributed by atoms with E-state index in [2.05, 4.69) is 0 Å². The van der Waals surface area contributed by atoms with Crippen LogP contribution < -0.4 is 0 Å². The predicted octanol–water partition coefficient (Wildman–Crippen LogP) is 4.55. The summed E-state index contributed by atoms with van der Waals surface area (Å²) in [4.78, 5) is 67.3. The van der Waals surface area contributed by atoms with Gasteiger partial charge in [0.15, 0.2) is 17.0 Å². The molecule has 1 aromatic heterocycles. The van der Waals surface area contributed by atoms with Gasteiger partial charge in [-0.3, -0.25) is 24.0 Å². The van der Waals surface area contributed by atoms with Crippen LogP contribution in [0, 0.1) is 33.5 Å². The first-order valence-electron chi connectivity index (χ1n) is 14.4. The molecule has 1 saturated carbocycles. The predicted molar refractivity (Wildman–Crippen MR) is 151 cm³/mol. The van der Waals surface area contributed by atoms with Crippen molar-refractivity contribution in [2.45, 2.75) is 73.0 Å². The van der Waals surface area contributed by atoms with Gasteiger partial charge in [0.05, 0.1) is 31.0 Å². The van der Waals surface area contributed by atoms with Crippen molar-refractivity contribution in [2.24, 2.45) is 33.5 Å². The van der Waals surface area contributed by atoms with Crippen molar-refractivity contribution >= 4 is 29.5 Å². The molecular weight excluding hydrogens is 556 g/mol. The molecule has 8 unspecified atom stereocenters. The summed E-state index contributed by atoms with van der Waals surface area (Å²) in [5.41, 5.74) is -4.73. The SMILES string of the molecule is COC(=O)C1(C)C(=O)C=CC2(C)C1=C(O)C(=O)C1(C)C3=CCC(c4ccoc4)C3(C)C(OC(=O)C(C)C)C(OC(C)=O)C21. The molecule has 5 rings (SSSR count). The first-order chi connectivity index (χ1) is 20.0.